The Hall–Kier alpha value is -2.66. The number of hydrogen-bond donors (Lipinski definition) is 0. The summed E-state index contributed by atoms with van der Waals surface area (Å²) in [6.45, 7) is 0. The fourth-order valence-corrected chi connectivity index (χ4v) is 2.09. The molecule has 2 aromatic carbocycles. The number of hydrogen-bond acceptors (Lipinski definition) is 4. The first kappa shape index (κ1) is 13.3. The van der Waals surface area contributed by atoms with Gasteiger partial charge in [0, 0.05) is 23.2 Å². The first-order valence-electron chi connectivity index (χ1n) is 6.11. The van der Waals surface area contributed by atoms with Crippen LogP contribution < -0.4 is 0 Å². The van der Waals surface area contributed by atoms with E-state index in [1.165, 1.54) is 18.2 Å². The van der Waals surface area contributed by atoms with Crippen molar-refractivity contribution >= 4 is 40.5 Å². The van der Waals surface area contributed by atoms with Crippen LogP contribution in [0.15, 0.2) is 46.9 Å². The molecule has 1 aromatic heterocycles. The highest BCUT2D eigenvalue weighted by Crippen LogP contribution is 2.23. The van der Waals surface area contributed by atoms with Gasteiger partial charge in [0.1, 0.15) is 5.52 Å². The molecule has 0 atom stereocenters. The lowest BCUT2D eigenvalue weighted by Gasteiger charge is -1.94. The standard InChI is InChI=1S/C15H9ClN2O3/c16-12-4-2-1-3-10(12)5-8-15-17-13-9-11(18(19)20)6-7-14(13)21-15/h1-9H/b8-5+. The number of non-ortho nitro benzene ring substituents is 1. The molecule has 0 aliphatic carbocycles. The zero-order valence-electron chi connectivity index (χ0n) is 10.7. The number of oxazole rings is 1. The molecule has 5 nitrogen and oxygen atoms in total. The van der Waals surface area contributed by atoms with Crippen LogP contribution in [0.4, 0.5) is 5.69 Å². The van der Waals surface area contributed by atoms with Gasteiger partial charge in [0.15, 0.2) is 5.58 Å². The van der Waals surface area contributed by atoms with E-state index in [9.17, 15) is 10.1 Å². The van der Waals surface area contributed by atoms with Gasteiger partial charge in [-0.1, -0.05) is 29.8 Å². The number of nitrogens with zero attached hydrogens (tertiary/aromatic N) is 2. The lowest BCUT2D eigenvalue weighted by Crippen LogP contribution is -1.86. The Kier molecular flexibility index (Phi) is 3.41. The average molecular weight is 301 g/mol. The van der Waals surface area contributed by atoms with E-state index in [0.29, 0.717) is 22.0 Å². The molecule has 0 unspecified atom stereocenters. The Labute approximate surface area is 124 Å². The second-order valence-corrected chi connectivity index (χ2v) is 4.72. The van der Waals surface area contributed by atoms with Crippen LogP contribution in [0.3, 0.4) is 0 Å². The average Bonchev–Trinajstić information content (AvgIpc) is 2.88. The van der Waals surface area contributed by atoms with E-state index in [2.05, 4.69) is 4.98 Å². The van der Waals surface area contributed by atoms with E-state index in [0.717, 1.165) is 5.56 Å². The molecule has 0 bridgehead atoms. The molecule has 3 aromatic rings. The zero-order valence-corrected chi connectivity index (χ0v) is 11.4. The van der Waals surface area contributed by atoms with E-state index >= 15 is 0 Å². The number of nitro benzene ring substituents is 1. The van der Waals surface area contributed by atoms with E-state index in [-0.39, 0.29) is 5.69 Å². The van der Waals surface area contributed by atoms with Gasteiger partial charge in [-0.2, -0.15) is 0 Å². The summed E-state index contributed by atoms with van der Waals surface area (Å²) in [4.78, 5) is 14.5. The smallest absolute Gasteiger partial charge is 0.271 e. The summed E-state index contributed by atoms with van der Waals surface area (Å²) >= 11 is 6.05. The van der Waals surface area contributed by atoms with Crippen molar-refractivity contribution in [2.75, 3.05) is 0 Å². The van der Waals surface area contributed by atoms with Crippen LogP contribution in [-0.4, -0.2) is 9.91 Å². The van der Waals surface area contributed by atoms with Crippen LogP contribution in [0.1, 0.15) is 11.5 Å². The van der Waals surface area contributed by atoms with Crippen molar-refractivity contribution in [3.63, 3.8) is 0 Å². The molecule has 1 heterocycles. The maximum atomic E-state index is 10.7. The lowest BCUT2D eigenvalue weighted by atomic mass is 10.2. The highest BCUT2D eigenvalue weighted by Gasteiger charge is 2.10. The van der Waals surface area contributed by atoms with Crippen LogP contribution >= 0.6 is 11.6 Å². The maximum Gasteiger partial charge on any atom is 0.271 e. The second kappa shape index (κ2) is 5.38. The molecular weight excluding hydrogens is 292 g/mol. The van der Waals surface area contributed by atoms with Crippen LogP contribution in [0.5, 0.6) is 0 Å². The van der Waals surface area contributed by atoms with Crippen molar-refractivity contribution < 1.29 is 9.34 Å². The maximum absolute atomic E-state index is 10.7. The minimum absolute atomic E-state index is 0.0163. The summed E-state index contributed by atoms with van der Waals surface area (Å²) in [5.41, 5.74) is 1.77. The second-order valence-electron chi connectivity index (χ2n) is 4.32. The largest absolute Gasteiger partial charge is 0.437 e. The normalized spacial score (nSPS) is 11.3. The van der Waals surface area contributed by atoms with Crippen LogP contribution in [0.2, 0.25) is 5.02 Å². The van der Waals surface area contributed by atoms with Crippen molar-refractivity contribution in [3.8, 4) is 0 Å². The highest BCUT2D eigenvalue weighted by molar-refractivity contribution is 6.32. The Balaban J connectivity index is 1.95. The van der Waals surface area contributed by atoms with Crippen LogP contribution in [0.25, 0.3) is 23.3 Å². The van der Waals surface area contributed by atoms with Gasteiger partial charge in [-0.15, -0.1) is 0 Å². The van der Waals surface area contributed by atoms with E-state index in [1.807, 2.05) is 18.2 Å². The number of nitro groups is 1. The lowest BCUT2D eigenvalue weighted by molar-refractivity contribution is -0.384. The molecular formula is C15H9ClN2O3. The summed E-state index contributed by atoms with van der Waals surface area (Å²) in [5.74, 6) is 0.366. The van der Waals surface area contributed by atoms with E-state index in [1.54, 1.807) is 18.2 Å². The van der Waals surface area contributed by atoms with Gasteiger partial charge >= 0.3 is 0 Å². The summed E-state index contributed by atoms with van der Waals surface area (Å²) in [7, 11) is 0. The fourth-order valence-electron chi connectivity index (χ4n) is 1.89. The first-order chi connectivity index (χ1) is 10.1. The van der Waals surface area contributed by atoms with E-state index < -0.39 is 4.92 Å². The summed E-state index contributed by atoms with van der Waals surface area (Å²) in [6.07, 6.45) is 3.45. The summed E-state index contributed by atoms with van der Waals surface area (Å²) in [5, 5.41) is 11.3. The number of rotatable bonds is 3. The molecule has 0 amide bonds. The Morgan fingerprint density at radius 1 is 1.19 bits per heavy atom. The van der Waals surface area contributed by atoms with Crippen molar-refractivity contribution in [3.05, 3.63) is 69.1 Å². The molecule has 0 spiro atoms. The molecule has 0 fully saturated rings. The monoisotopic (exact) mass is 300 g/mol. The van der Waals surface area contributed by atoms with Crippen LogP contribution in [-0.2, 0) is 0 Å². The van der Waals surface area contributed by atoms with Gasteiger partial charge in [0.2, 0.25) is 5.89 Å². The molecule has 0 saturated heterocycles. The molecule has 0 aliphatic rings. The Morgan fingerprint density at radius 3 is 2.76 bits per heavy atom. The van der Waals surface area contributed by atoms with Crippen molar-refractivity contribution in [2.24, 2.45) is 0 Å². The quantitative estimate of drug-likeness (QED) is 0.525. The Morgan fingerprint density at radius 2 is 2.00 bits per heavy atom. The number of fused-ring (bicyclic) bond motifs is 1. The summed E-state index contributed by atoms with van der Waals surface area (Å²) < 4.78 is 5.50. The van der Waals surface area contributed by atoms with E-state index in [4.69, 9.17) is 16.0 Å². The number of aromatic nitrogens is 1. The van der Waals surface area contributed by atoms with Gasteiger partial charge in [0.05, 0.1) is 4.92 Å². The van der Waals surface area contributed by atoms with Crippen LogP contribution in [0, 0.1) is 10.1 Å². The topological polar surface area (TPSA) is 69.2 Å². The SMILES string of the molecule is O=[N+]([O-])c1ccc2oc(/C=C/c3ccccc3Cl)nc2c1. The zero-order chi connectivity index (χ0) is 14.8. The van der Waals surface area contributed by atoms with Crippen molar-refractivity contribution in [2.45, 2.75) is 0 Å². The summed E-state index contributed by atoms with van der Waals surface area (Å²) in [6, 6.07) is 11.7. The molecule has 6 heteroatoms. The van der Waals surface area contributed by atoms with Gasteiger partial charge in [0.25, 0.3) is 5.69 Å². The predicted octanol–water partition coefficient (Wildman–Crippen LogP) is 4.56. The molecule has 21 heavy (non-hydrogen) atoms. The molecule has 3 rings (SSSR count). The van der Waals surface area contributed by atoms with Crippen molar-refractivity contribution in [1.29, 1.82) is 0 Å². The van der Waals surface area contributed by atoms with Gasteiger partial charge in [-0.05, 0) is 23.8 Å². The third kappa shape index (κ3) is 2.78. The molecule has 0 radical (unpaired) electrons. The molecule has 0 saturated carbocycles. The minimum Gasteiger partial charge on any atom is -0.437 e. The number of benzene rings is 2. The fraction of sp³-hybridized carbons (Fsp3) is 0. The molecule has 104 valence electrons. The Bertz CT molecular complexity index is 855. The van der Waals surface area contributed by atoms with Gasteiger partial charge in [-0.3, -0.25) is 10.1 Å². The van der Waals surface area contributed by atoms with Crippen molar-refractivity contribution in [1.82, 2.24) is 4.98 Å². The highest BCUT2D eigenvalue weighted by atomic mass is 35.5. The van der Waals surface area contributed by atoms with Gasteiger partial charge < -0.3 is 4.42 Å². The number of halogens is 1. The minimum atomic E-state index is -0.465. The predicted molar refractivity (Wildman–Crippen MR) is 81.0 cm³/mol. The first-order valence-corrected chi connectivity index (χ1v) is 6.49. The molecule has 0 aliphatic heterocycles. The third-order valence-electron chi connectivity index (χ3n) is 2.91. The van der Waals surface area contributed by atoms with Gasteiger partial charge in [-0.25, -0.2) is 4.98 Å². The third-order valence-corrected chi connectivity index (χ3v) is 3.25. The molecule has 0 N–H and O–H groups in total.